The van der Waals surface area contributed by atoms with Crippen molar-refractivity contribution < 1.29 is 14.0 Å². The summed E-state index contributed by atoms with van der Waals surface area (Å²) in [5, 5.41) is 2.70. The third-order valence-corrected chi connectivity index (χ3v) is 3.50. The van der Waals surface area contributed by atoms with Gasteiger partial charge in [-0.15, -0.1) is 0 Å². The average Bonchev–Trinajstić information content (AvgIpc) is 2.85. The number of nitrogens with zero attached hydrogens (tertiary/aromatic N) is 1. The van der Waals surface area contributed by atoms with Crippen LogP contribution in [0.1, 0.15) is 15.9 Å². The quantitative estimate of drug-likeness (QED) is 0.921. The van der Waals surface area contributed by atoms with Crippen LogP contribution in [0.4, 0.5) is 15.8 Å². The maximum absolute atomic E-state index is 13.7. The fourth-order valence-electron chi connectivity index (χ4n) is 2.37. The number of fused-ring (bicyclic) bond motifs is 1. The topological polar surface area (TPSA) is 49.4 Å². The van der Waals surface area contributed by atoms with E-state index in [1.165, 1.54) is 18.0 Å². The molecule has 1 aliphatic rings. The first-order valence-corrected chi connectivity index (χ1v) is 6.51. The number of anilines is 2. The number of para-hydroxylation sites is 1. The molecule has 2 aromatic rings. The van der Waals surface area contributed by atoms with Gasteiger partial charge in [-0.1, -0.05) is 18.2 Å². The number of hydrogen-bond acceptors (Lipinski definition) is 2. The maximum Gasteiger partial charge on any atom is 0.258 e. The van der Waals surface area contributed by atoms with E-state index in [1.54, 1.807) is 36.4 Å². The third kappa shape index (κ3) is 2.38. The molecule has 0 saturated heterocycles. The van der Waals surface area contributed by atoms with Crippen molar-refractivity contribution >= 4 is 23.2 Å². The van der Waals surface area contributed by atoms with Crippen LogP contribution in [0.2, 0.25) is 0 Å². The number of nitrogens with one attached hydrogen (secondary N) is 1. The molecular weight excluding hydrogens is 271 g/mol. The van der Waals surface area contributed by atoms with E-state index in [1.807, 2.05) is 0 Å². The second-order valence-corrected chi connectivity index (χ2v) is 4.91. The first kappa shape index (κ1) is 13.3. The van der Waals surface area contributed by atoms with Crippen molar-refractivity contribution in [3.8, 4) is 0 Å². The molecule has 1 N–H and O–H groups in total. The highest BCUT2D eigenvalue weighted by atomic mass is 19.1. The van der Waals surface area contributed by atoms with Gasteiger partial charge in [-0.3, -0.25) is 9.59 Å². The van der Waals surface area contributed by atoms with Gasteiger partial charge in [0.15, 0.2) is 0 Å². The fourth-order valence-corrected chi connectivity index (χ4v) is 2.37. The van der Waals surface area contributed by atoms with Crippen LogP contribution < -0.4 is 10.2 Å². The van der Waals surface area contributed by atoms with Gasteiger partial charge in [0.1, 0.15) is 5.82 Å². The smallest absolute Gasteiger partial charge is 0.258 e. The highest BCUT2D eigenvalue weighted by Gasteiger charge is 2.21. The number of benzene rings is 2. The Labute approximate surface area is 121 Å². The highest BCUT2D eigenvalue weighted by molar-refractivity contribution is 6.08. The molecule has 0 radical (unpaired) electrons. The summed E-state index contributed by atoms with van der Waals surface area (Å²) in [7, 11) is 1.52. The number of amides is 2. The van der Waals surface area contributed by atoms with Gasteiger partial charge in [-0.25, -0.2) is 4.39 Å². The molecule has 0 aromatic heterocycles. The van der Waals surface area contributed by atoms with Gasteiger partial charge in [0.2, 0.25) is 5.91 Å². The molecule has 0 unspecified atom stereocenters. The van der Waals surface area contributed by atoms with Gasteiger partial charge in [-0.05, 0) is 29.8 Å². The van der Waals surface area contributed by atoms with Crippen molar-refractivity contribution in [2.24, 2.45) is 0 Å². The first-order chi connectivity index (χ1) is 10.1. The number of carbonyl (C=O) groups is 2. The van der Waals surface area contributed by atoms with E-state index >= 15 is 0 Å². The van der Waals surface area contributed by atoms with Crippen molar-refractivity contribution in [2.45, 2.75) is 6.42 Å². The Morgan fingerprint density at radius 3 is 2.76 bits per heavy atom. The molecule has 5 heteroatoms. The molecule has 4 nitrogen and oxygen atoms in total. The predicted octanol–water partition coefficient (Wildman–Crippen LogP) is 2.60. The summed E-state index contributed by atoms with van der Waals surface area (Å²) in [4.78, 5) is 25.0. The molecule has 0 bridgehead atoms. The van der Waals surface area contributed by atoms with E-state index in [-0.39, 0.29) is 17.5 Å². The van der Waals surface area contributed by atoms with Crippen LogP contribution in [0.3, 0.4) is 0 Å². The zero-order valence-electron chi connectivity index (χ0n) is 11.4. The van der Waals surface area contributed by atoms with Crippen molar-refractivity contribution in [3.63, 3.8) is 0 Å². The number of rotatable bonds is 2. The summed E-state index contributed by atoms with van der Waals surface area (Å²) >= 11 is 0. The van der Waals surface area contributed by atoms with E-state index < -0.39 is 5.82 Å². The maximum atomic E-state index is 13.7. The molecule has 1 aliphatic heterocycles. The van der Waals surface area contributed by atoms with Crippen LogP contribution in [0.15, 0.2) is 42.5 Å². The molecule has 2 amide bonds. The Morgan fingerprint density at radius 1 is 1.24 bits per heavy atom. The SMILES string of the molecule is CN(C(=O)c1ccc2c(c1)NC(=O)C2)c1ccccc1F. The zero-order valence-corrected chi connectivity index (χ0v) is 11.4. The van der Waals surface area contributed by atoms with Crippen molar-refractivity contribution in [2.75, 3.05) is 17.3 Å². The van der Waals surface area contributed by atoms with Crippen LogP contribution in [0.25, 0.3) is 0 Å². The van der Waals surface area contributed by atoms with Crippen molar-refractivity contribution in [1.29, 1.82) is 0 Å². The lowest BCUT2D eigenvalue weighted by atomic mass is 10.1. The molecule has 0 fully saturated rings. The Bertz CT molecular complexity index is 743. The minimum Gasteiger partial charge on any atom is -0.326 e. The summed E-state index contributed by atoms with van der Waals surface area (Å²) in [6, 6.07) is 11.1. The summed E-state index contributed by atoms with van der Waals surface area (Å²) in [5.74, 6) is -0.871. The van der Waals surface area contributed by atoms with Crippen LogP contribution in [-0.4, -0.2) is 18.9 Å². The lowest BCUT2D eigenvalue weighted by Gasteiger charge is -2.18. The van der Waals surface area contributed by atoms with Gasteiger partial charge < -0.3 is 10.2 Å². The molecule has 0 aliphatic carbocycles. The van der Waals surface area contributed by atoms with E-state index in [4.69, 9.17) is 0 Å². The van der Waals surface area contributed by atoms with Crippen LogP contribution in [0, 0.1) is 5.82 Å². The molecule has 3 rings (SSSR count). The van der Waals surface area contributed by atoms with Crippen molar-refractivity contribution in [3.05, 3.63) is 59.4 Å². The second kappa shape index (κ2) is 5.01. The van der Waals surface area contributed by atoms with Gasteiger partial charge in [-0.2, -0.15) is 0 Å². The second-order valence-electron chi connectivity index (χ2n) is 4.91. The van der Waals surface area contributed by atoms with E-state index in [0.29, 0.717) is 17.7 Å². The van der Waals surface area contributed by atoms with E-state index in [0.717, 1.165) is 5.56 Å². The Kier molecular flexibility index (Phi) is 3.17. The van der Waals surface area contributed by atoms with E-state index in [2.05, 4.69) is 5.32 Å². The van der Waals surface area contributed by atoms with Gasteiger partial charge >= 0.3 is 0 Å². The fraction of sp³-hybridized carbons (Fsp3) is 0.125. The lowest BCUT2D eigenvalue weighted by Crippen LogP contribution is -2.27. The van der Waals surface area contributed by atoms with Crippen LogP contribution in [-0.2, 0) is 11.2 Å². The Hall–Kier alpha value is -2.69. The third-order valence-electron chi connectivity index (χ3n) is 3.50. The minimum absolute atomic E-state index is 0.0861. The summed E-state index contributed by atoms with van der Waals surface area (Å²) in [5.41, 5.74) is 2.13. The lowest BCUT2D eigenvalue weighted by molar-refractivity contribution is -0.115. The molecule has 0 saturated carbocycles. The van der Waals surface area contributed by atoms with Gasteiger partial charge in [0.05, 0.1) is 12.1 Å². The summed E-state index contributed by atoms with van der Waals surface area (Å²) in [6.07, 6.45) is 0.326. The Morgan fingerprint density at radius 2 is 2.00 bits per heavy atom. The summed E-state index contributed by atoms with van der Waals surface area (Å²) < 4.78 is 13.7. The van der Waals surface area contributed by atoms with Crippen LogP contribution >= 0.6 is 0 Å². The number of hydrogen-bond donors (Lipinski definition) is 1. The minimum atomic E-state index is -0.456. The van der Waals surface area contributed by atoms with Crippen LogP contribution in [0.5, 0.6) is 0 Å². The van der Waals surface area contributed by atoms with Crippen molar-refractivity contribution in [1.82, 2.24) is 0 Å². The number of carbonyl (C=O) groups excluding carboxylic acids is 2. The van der Waals surface area contributed by atoms with Gasteiger partial charge in [0, 0.05) is 18.3 Å². The molecule has 2 aromatic carbocycles. The highest BCUT2D eigenvalue weighted by Crippen LogP contribution is 2.26. The summed E-state index contributed by atoms with van der Waals surface area (Å²) in [6.45, 7) is 0. The zero-order chi connectivity index (χ0) is 15.0. The average molecular weight is 284 g/mol. The molecule has 106 valence electrons. The standard InChI is InChI=1S/C16H13FN2O2/c1-19(14-5-3-2-4-12(14)17)16(21)11-7-6-10-9-15(20)18-13(10)8-11/h2-8H,9H2,1H3,(H,18,20). The monoisotopic (exact) mass is 284 g/mol. The molecular formula is C16H13FN2O2. The molecule has 21 heavy (non-hydrogen) atoms. The predicted molar refractivity (Wildman–Crippen MR) is 77.9 cm³/mol. The molecule has 1 heterocycles. The normalized spacial score (nSPS) is 12.8. The van der Waals surface area contributed by atoms with Gasteiger partial charge in [0.25, 0.3) is 5.91 Å². The Balaban J connectivity index is 1.91. The molecule has 0 spiro atoms. The molecule has 0 atom stereocenters. The van der Waals surface area contributed by atoms with E-state index in [9.17, 15) is 14.0 Å². The first-order valence-electron chi connectivity index (χ1n) is 6.51. The largest absolute Gasteiger partial charge is 0.326 e. The number of halogens is 1.